The Morgan fingerprint density at radius 3 is 2.39 bits per heavy atom. The van der Waals surface area contributed by atoms with E-state index in [1.54, 1.807) is 0 Å². The normalized spacial score (nSPS) is 20.0. The number of para-hydroxylation sites is 2. The van der Waals surface area contributed by atoms with Crippen LogP contribution in [0.25, 0.3) is 0 Å². The van der Waals surface area contributed by atoms with Gasteiger partial charge >= 0.3 is 0 Å². The lowest BCUT2D eigenvalue weighted by Crippen LogP contribution is -2.51. The second kappa shape index (κ2) is 6.83. The fourth-order valence-electron chi connectivity index (χ4n) is 2.55. The zero-order valence-electron chi connectivity index (χ0n) is 12.5. The highest BCUT2D eigenvalue weighted by molar-refractivity contribution is 8.08. The molecule has 128 valence electrons. The van der Waals surface area contributed by atoms with Crippen LogP contribution in [-0.2, 0) is 24.3 Å². The summed E-state index contributed by atoms with van der Waals surface area (Å²) in [5.41, 5.74) is 0. The first-order valence-electron chi connectivity index (χ1n) is 6.98. The van der Waals surface area contributed by atoms with Gasteiger partial charge in [0.25, 0.3) is 5.79 Å². The molecule has 1 aromatic rings. The van der Waals surface area contributed by atoms with E-state index in [0.717, 1.165) is 0 Å². The molecule has 0 N–H and O–H groups in total. The third-order valence-corrected chi connectivity index (χ3v) is 6.54. The van der Waals surface area contributed by atoms with Gasteiger partial charge in [0.1, 0.15) is 5.08 Å². The zero-order valence-corrected chi connectivity index (χ0v) is 14.1. The largest absolute Gasteiger partial charge is 0.448 e. The summed E-state index contributed by atoms with van der Waals surface area (Å²) >= 11 is 0.653. The van der Waals surface area contributed by atoms with E-state index in [4.69, 9.17) is 9.47 Å². The van der Waals surface area contributed by atoms with Crippen LogP contribution in [0.15, 0.2) is 24.3 Å². The van der Waals surface area contributed by atoms with Gasteiger partial charge in [-0.2, -0.15) is 0 Å². The highest BCUT2D eigenvalue weighted by Crippen LogP contribution is 2.43. The molecule has 1 spiro atoms. The highest BCUT2D eigenvalue weighted by atomic mass is 32.3. The predicted octanol–water partition coefficient (Wildman–Crippen LogP) is 1.70. The molecule has 23 heavy (non-hydrogen) atoms. The lowest BCUT2D eigenvalue weighted by atomic mass is 10.1. The summed E-state index contributed by atoms with van der Waals surface area (Å²) in [5, 5.41) is 3.91. The summed E-state index contributed by atoms with van der Waals surface area (Å²) in [4.78, 5) is 4.21. The Labute approximate surface area is 138 Å². The molecule has 0 atom stereocenters. The molecule has 10 heteroatoms. The summed E-state index contributed by atoms with van der Waals surface area (Å²) in [7, 11) is -2.19. The second-order valence-electron chi connectivity index (χ2n) is 5.11. The predicted molar refractivity (Wildman–Crippen MR) is 81.8 cm³/mol. The first kappa shape index (κ1) is 16.8. The molecule has 2 aliphatic heterocycles. The Kier molecular flexibility index (Phi) is 4.99. The van der Waals surface area contributed by atoms with Crippen molar-refractivity contribution in [2.24, 2.45) is 0 Å². The minimum absolute atomic E-state index is 0.259. The molecule has 2 aliphatic rings. The summed E-state index contributed by atoms with van der Waals surface area (Å²) < 4.78 is 42.1. The van der Waals surface area contributed by atoms with Gasteiger partial charge < -0.3 is 9.47 Å². The van der Waals surface area contributed by atoms with Crippen molar-refractivity contribution in [1.29, 1.82) is 0 Å². The number of sulfonamides is 1. The van der Waals surface area contributed by atoms with Crippen LogP contribution in [0.2, 0.25) is 0 Å². The molecule has 0 amide bonds. The van der Waals surface area contributed by atoms with Gasteiger partial charge in [-0.15, -0.1) is 4.33 Å². The first-order valence-corrected chi connectivity index (χ1v) is 9.50. The number of piperidine rings is 1. The minimum Gasteiger partial charge on any atom is -0.448 e. The third kappa shape index (κ3) is 3.73. The number of hydrogen-bond donors (Lipinski definition) is 0. The number of benzene rings is 1. The summed E-state index contributed by atoms with van der Waals surface area (Å²) in [6, 6.07) is 7.44. The SMILES string of the molecule is COOOSCS(=O)(=O)N1CCC2(CC1)Oc1ccccc1O2. The highest BCUT2D eigenvalue weighted by Gasteiger charge is 2.46. The fourth-order valence-corrected chi connectivity index (χ4v) is 4.63. The van der Waals surface area contributed by atoms with E-state index in [1.165, 1.54) is 11.4 Å². The van der Waals surface area contributed by atoms with E-state index >= 15 is 0 Å². The van der Waals surface area contributed by atoms with Gasteiger partial charge in [0, 0.05) is 25.9 Å². The van der Waals surface area contributed by atoms with Gasteiger partial charge in [-0.25, -0.2) is 17.6 Å². The molecular weight excluding hydrogens is 346 g/mol. The zero-order chi connectivity index (χ0) is 16.3. The van der Waals surface area contributed by atoms with Crippen molar-refractivity contribution < 1.29 is 32.2 Å². The molecule has 0 aromatic heterocycles. The van der Waals surface area contributed by atoms with Crippen molar-refractivity contribution in [2.75, 3.05) is 25.3 Å². The topological polar surface area (TPSA) is 83.5 Å². The van der Waals surface area contributed by atoms with Gasteiger partial charge in [0.15, 0.2) is 11.5 Å². The summed E-state index contributed by atoms with van der Waals surface area (Å²) in [6.45, 7) is 0.643. The van der Waals surface area contributed by atoms with Crippen molar-refractivity contribution in [1.82, 2.24) is 4.31 Å². The molecule has 0 aliphatic carbocycles. The first-order chi connectivity index (χ1) is 11.0. The maximum Gasteiger partial charge on any atom is 0.254 e. The van der Waals surface area contributed by atoms with Crippen LogP contribution in [0.5, 0.6) is 11.5 Å². The standard InChI is InChI=1S/C13H17NO7S2/c1-17-20-21-22-10-23(15,16)14-8-6-13(7-9-14)18-11-4-2-3-5-12(11)19-13/h2-5H,6-10H2,1H3. The van der Waals surface area contributed by atoms with Gasteiger partial charge in [0.05, 0.1) is 19.2 Å². The Balaban J connectivity index is 1.55. The lowest BCUT2D eigenvalue weighted by Gasteiger charge is -2.36. The number of ether oxygens (including phenoxy) is 2. The second-order valence-corrected chi connectivity index (χ2v) is 8.11. The van der Waals surface area contributed by atoms with E-state index in [1.807, 2.05) is 24.3 Å². The van der Waals surface area contributed by atoms with E-state index in [-0.39, 0.29) is 5.08 Å². The molecule has 0 saturated carbocycles. The Hall–Kier alpha value is -1.04. The van der Waals surface area contributed by atoms with Crippen molar-refractivity contribution in [3.05, 3.63) is 24.3 Å². The maximum atomic E-state index is 12.2. The van der Waals surface area contributed by atoms with Crippen LogP contribution >= 0.6 is 12.0 Å². The van der Waals surface area contributed by atoms with Crippen LogP contribution < -0.4 is 9.47 Å². The lowest BCUT2D eigenvalue weighted by molar-refractivity contribution is -0.447. The smallest absolute Gasteiger partial charge is 0.254 e. The molecule has 1 fully saturated rings. The maximum absolute atomic E-state index is 12.2. The number of hydrogen-bond acceptors (Lipinski definition) is 8. The fraction of sp³-hybridized carbons (Fsp3) is 0.538. The molecule has 8 nitrogen and oxygen atoms in total. The molecule has 1 aromatic carbocycles. The molecule has 0 bridgehead atoms. The quantitative estimate of drug-likeness (QED) is 0.327. The van der Waals surface area contributed by atoms with Crippen LogP contribution in [0.1, 0.15) is 12.8 Å². The van der Waals surface area contributed by atoms with Crippen molar-refractivity contribution >= 4 is 22.1 Å². The van der Waals surface area contributed by atoms with Crippen molar-refractivity contribution in [3.8, 4) is 11.5 Å². The summed E-state index contributed by atoms with van der Waals surface area (Å²) in [6.07, 6.45) is 0.919. The number of fused-ring (bicyclic) bond motifs is 1. The summed E-state index contributed by atoms with van der Waals surface area (Å²) in [5.74, 6) is 0.632. The van der Waals surface area contributed by atoms with E-state index in [9.17, 15) is 8.42 Å². The monoisotopic (exact) mass is 363 g/mol. The van der Waals surface area contributed by atoms with E-state index in [2.05, 4.69) is 14.3 Å². The minimum atomic E-state index is -3.45. The van der Waals surface area contributed by atoms with E-state index in [0.29, 0.717) is 49.5 Å². The Morgan fingerprint density at radius 1 is 1.22 bits per heavy atom. The molecule has 0 radical (unpaired) electrons. The van der Waals surface area contributed by atoms with E-state index < -0.39 is 15.8 Å². The molecular formula is C13H17NO7S2. The molecule has 1 saturated heterocycles. The van der Waals surface area contributed by atoms with Crippen molar-refractivity contribution in [2.45, 2.75) is 18.6 Å². The average Bonchev–Trinajstić information content (AvgIpc) is 2.89. The average molecular weight is 363 g/mol. The van der Waals surface area contributed by atoms with Crippen LogP contribution in [-0.4, -0.2) is 43.8 Å². The van der Waals surface area contributed by atoms with Gasteiger partial charge in [0.2, 0.25) is 10.0 Å². The molecule has 2 heterocycles. The molecule has 0 unspecified atom stereocenters. The Bertz CT molecular complexity index is 616. The van der Waals surface area contributed by atoms with Crippen LogP contribution in [0.3, 0.4) is 0 Å². The van der Waals surface area contributed by atoms with Gasteiger partial charge in [-0.1, -0.05) is 17.2 Å². The Morgan fingerprint density at radius 2 is 1.83 bits per heavy atom. The van der Waals surface area contributed by atoms with Gasteiger partial charge in [-0.05, 0) is 12.1 Å². The molecule has 3 rings (SSSR count). The van der Waals surface area contributed by atoms with Crippen molar-refractivity contribution in [3.63, 3.8) is 0 Å². The van der Waals surface area contributed by atoms with Crippen LogP contribution in [0, 0.1) is 0 Å². The third-order valence-electron chi connectivity index (χ3n) is 3.66. The van der Waals surface area contributed by atoms with Crippen LogP contribution in [0.4, 0.5) is 0 Å². The number of nitrogens with zero attached hydrogens (tertiary/aromatic N) is 1. The van der Waals surface area contributed by atoms with Gasteiger partial charge in [-0.3, -0.25) is 0 Å². The number of rotatable bonds is 6.